The lowest BCUT2D eigenvalue weighted by Crippen LogP contribution is -2.42. The fourth-order valence-electron chi connectivity index (χ4n) is 2.84. The first-order valence-corrected chi connectivity index (χ1v) is 10.1. The van der Waals surface area contributed by atoms with Crippen molar-refractivity contribution in [3.05, 3.63) is 15.6 Å². The summed E-state index contributed by atoms with van der Waals surface area (Å²) in [5.41, 5.74) is 1.11. The Morgan fingerprint density at radius 1 is 1.35 bits per heavy atom. The standard InChI is InChI=1S/C16H28N4S2.HI/c1-5-17-16(18-10-15-11(3)19-12(4)22-15)20-13-7-8-14(9-13)21-6-2;/h13-14H,5-10H2,1-4H3,(H2,17,18,20);1H. The van der Waals surface area contributed by atoms with E-state index in [1.54, 1.807) is 11.3 Å². The van der Waals surface area contributed by atoms with Gasteiger partial charge in [0.05, 0.1) is 17.2 Å². The van der Waals surface area contributed by atoms with Crippen molar-refractivity contribution in [2.45, 2.75) is 64.8 Å². The van der Waals surface area contributed by atoms with Gasteiger partial charge in [0, 0.05) is 22.7 Å². The number of hydrogen-bond donors (Lipinski definition) is 2. The molecule has 1 aromatic heterocycles. The van der Waals surface area contributed by atoms with E-state index in [2.05, 4.69) is 55.1 Å². The molecule has 1 heterocycles. The van der Waals surface area contributed by atoms with E-state index >= 15 is 0 Å². The van der Waals surface area contributed by atoms with Crippen LogP contribution in [-0.2, 0) is 6.54 Å². The second-order valence-electron chi connectivity index (χ2n) is 5.67. The van der Waals surface area contributed by atoms with Crippen LogP contribution in [-0.4, -0.2) is 34.5 Å². The average molecular weight is 468 g/mol. The topological polar surface area (TPSA) is 49.3 Å². The second kappa shape index (κ2) is 10.8. The second-order valence-corrected chi connectivity index (χ2v) is 8.53. The van der Waals surface area contributed by atoms with Crippen LogP contribution in [0.3, 0.4) is 0 Å². The number of hydrogen-bond acceptors (Lipinski definition) is 4. The summed E-state index contributed by atoms with van der Waals surface area (Å²) in [6.45, 7) is 10.1. The van der Waals surface area contributed by atoms with Crippen LogP contribution in [0.2, 0.25) is 0 Å². The molecule has 0 bridgehead atoms. The van der Waals surface area contributed by atoms with Crippen molar-refractivity contribution in [3.8, 4) is 0 Å². The van der Waals surface area contributed by atoms with Crippen LogP contribution < -0.4 is 10.6 Å². The lowest BCUT2D eigenvalue weighted by Gasteiger charge is -2.17. The molecule has 0 aliphatic heterocycles. The summed E-state index contributed by atoms with van der Waals surface area (Å²) in [7, 11) is 0. The molecule has 0 radical (unpaired) electrons. The van der Waals surface area contributed by atoms with Gasteiger partial charge in [0.25, 0.3) is 0 Å². The first-order valence-electron chi connectivity index (χ1n) is 8.21. The summed E-state index contributed by atoms with van der Waals surface area (Å²) in [5, 5.41) is 8.92. The molecule has 1 aliphatic carbocycles. The van der Waals surface area contributed by atoms with E-state index < -0.39 is 0 Å². The fraction of sp³-hybridized carbons (Fsp3) is 0.750. The maximum absolute atomic E-state index is 4.75. The third-order valence-electron chi connectivity index (χ3n) is 3.85. The number of aromatic nitrogens is 1. The van der Waals surface area contributed by atoms with Gasteiger partial charge in [-0.05, 0) is 45.8 Å². The van der Waals surface area contributed by atoms with Crippen molar-refractivity contribution < 1.29 is 0 Å². The summed E-state index contributed by atoms with van der Waals surface area (Å²) in [6, 6.07) is 0.561. The van der Waals surface area contributed by atoms with E-state index in [1.165, 1.54) is 29.9 Å². The van der Waals surface area contributed by atoms with Crippen LogP contribution in [0.1, 0.15) is 48.7 Å². The molecule has 1 fully saturated rings. The Labute approximate surface area is 165 Å². The normalized spacial score (nSPS) is 21.1. The summed E-state index contributed by atoms with van der Waals surface area (Å²) >= 11 is 3.84. The number of nitrogens with one attached hydrogen (secondary N) is 2. The van der Waals surface area contributed by atoms with Gasteiger partial charge in [-0.15, -0.1) is 35.3 Å². The zero-order valence-corrected chi connectivity index (χ0v) is 18.5. The molecular weight excluding hydrogens is 439 g/mol. The molecule has 2 atom stereocenters. The number of halogens is 1. The lowest BCUT2D eigenvalue weighted by molar-refractivity contribution is 0.615. The maximum Gasteiger partial charge on any atom is 0.191 e. The van der Waals surface area contributed by atoms with Crippen LogP contribution in [0.15, 0.2) is 4.99 Å². The van der Waals surface area contributed by atoms with E-state index in [1.807, 2.05) is 0 Å². The Balaban J connectivity index is 0.00000264. The minimum Gasteiger partial charge on any atom is -0.357 e. The van der Waals surface area contributed by atoms with E-state index in [-0.39, 0.29) is 24.0 Å². The predicted molar refractivity (Wildman–Crippen MR) is 115 cm³/mol. The van der Waals surface area contributed by atoms with E-state index in [0.717, 1.165) is 28.5 Å². The fourth-order valence-corrected chi connectivity index (χ4v) is 4.85. The Hall–Kier alpha value is -0.0200. The van der Waals surface area contributed by atoms with Gasteiger partial charge in [0.2, 0.25) is 0 Å². The molecule has 0 amide bonds. The monoisotopic (exact) mass is 468 g/mol. The third kappa shape index (κ3) is 6.78. The van der Waals surface area contributed by atoms with Gasteiger partial charge in [0.15, 0.2) is 5.96 Å². The Morgan fingerprint density at radius 2 is 2.13 bits per heavy atom. The number of thiazole rings is 1. The average Bonchev–Trinajstić information content (AvgIpc) is 3.03. The van der Waals surface area contributed by atoms with Crippen molar-refractivity contribution in [3.63, 3.8) is 0 Å². The highest BCUT2D eigenvalue weighted by Crippen LogP contribution is 2.29. The number of aliphatic imine (C=N–C) groups is 1. The quantitative estimate of drug-likeness (QED) is 0.375. The SMILES string of the molecule is CCNC(=NCc1sc(C)nc1C)NC1CCC(SCC)C1.I. The van der Waals surface area contributed by atoms with Gasteiger partial charge in [0.1, 0.15) is 0 Å². The third-order valence-corrected chi connectivity index (χ3v) is 6.14. The molecule has 2 N–H and O–H groups in total. The Kier molecular flexibility index (Phi) is 9.84. The molecule has 23 heavy (non-hydrogen) atoms. The van der Waals surface area contributed by atoms with Crippen LogP contribution in [0.4, 0.5) is 0 Å². The lowest BCUT2D eigenvalue weighted by atomic mass is 10.2. The molecule has 7 heteroatoms. The number of guanidine groups is 1. The minimum absolute atomic E-state index is 0. The molecule has 1 aliphatic rings. The smallest absolute Gasteiger partial charge is 0.191 e. The van der Waals surface area contributed by atoms with E-state index in [9.17, 15) is 0 Å². The minimum atomic E-state index is 0. The number of rotatable bonds is 6. The summed E-state index contributed by atoms with van der Waals surface area (Å²) in [4.78, 5) is 10.5. The van der Waals surface area contributed by atoms with Gasteiger partial charge in [-0.3, -0.25) is 0 Å². The molecule has 132 valence electrons. The molecule has 2 rings (SSSR count). The highest BCUT2D eigenvalue weighted by Gasteiger charge is 2.25. The Morgan fingerprint density at radius 3 is 2.74 bits per heavy atom. The molecule has 0 saturated heterocycles. The summed E-state index contributed by atoms with van der Waals surface area (Å²) in [6.07, 6.45) is 3.82. The molecule has 0 aromatic carbocycles. The molecular formula is C16H29IN4S2. The van der Waals surface area contributed by atoms with Crippen molar-refractivity contribution >= 4 is 53.0 Å². The zero-order chi connectivity index (χ0) is 15.9. The zero-order valence-electron chi connectivity index (χ0n) is 14.5. The van der Waals surface area contributed by atoms with Gasteiger partial charge >= 0.3 is 0 Å². The first kappa shape index (κ1) is 21.0. The molecule has 2 unspecified atom stereocenters. The molecule has 4 nitrogen and oxygen atoms in total. The first-order chi connectivity index (χ1) is 10.6. The number of nitrogens with zero attached hydrogens (tertiary/aromatic N) is 2. The highest BCUT2D eigenvalue weighted by molar-refractivity contribution is 14.0. The van der Waals surface area contributed by atoms with Crippen molar-refractivity contribution in [2.75, 3.05) is 12.3 Å². The van der Waals surface area contributed by atoms with Crippen LogP contribution in [0.25, 0.3) is 0 Å². The highest BCUT2D eigenvalue weighted by atomic mass is 127. The van der Waals surface area contributed by atoms with E-state index in [4.69, 9.17) is 4.99 Å². The van der Waals surface area contributed by atoms with Gasteiger partial charge in [-0.1, -0.05) is 6.92 Å². The van der Waals surface area contributed by atoms with Crippen LogP contribution >= 0.6 is 47.1 Å². The van der Waals surface area contributed by atoms with Crippen molar-refractivity contribution in [1.82, 2.24) is 15.6 Å². The number of thioether (sulfide) groups is 1. The summed E-state index contributed by atoms with van der Waals surface area (Å²) < 4.78 is 0. The van der Waals surface area contributed by atoms with Gasteiger partial charge < -0.3 is 10.6 Å². The predicted octanol–water partition coefficient (Wildman–Crippen LogP) is 4.11. The molecule has 1 saturated carbocycles. The van der Waals surface area contributed by atoms with Gasteiger partial charge in [-0.25, -0.2) is 9.98 Å². The number of aryl methyl sites for hydroxylation is 2. The molecule has 0 spiro atoms. The molecule has 1 aromatic rings. The largest absolute Gasteiger partial charge is 0.357 e. The van der Waals surface area contributed by atoms with Crippen LogP contribution in [0, 0.1) is 13.8 Å². The van der Waals surface area contributed by atoms with E-state index in [0.29, 0.717) is 12.6 Å². The summed E-state index contributed by atoms with van der Waals surface area (Å²) in [5.74, 6) is 2.16. The van der Waals surface area contributed by atoms with Crippen LogP contribution in [0.5, 0.6) is 0 Å². The van der Waals surface area contributed by atoms with Crippen molar-refractivity contribution in [2.24, 2.45) is 4.99 Å². The Bertz CT molecular complexity index is 504. The van der Waals surface area contributed by atoms with Gasteiger partial charge in [-0.2, -0.15) is 11.8 Å². The maximum atomic E-state index is 4.75. The van der Waals surface area contributed by atoms with Crippen molar-refractivity contribution in [1.29, 1.82) is 0 Å².